The molecule has 0 atom stereocenters. The second kappa shape index (κ2) is 5.47. The highest BCUT2D eigenvalue weighted by Gasteiger charge is 2.39. The lowest BCUT2D eigenvalue weighted by molar-refractivity contribution is 0.880. The van der Waals surface area contributed by atoms with Crippen molar-refractivity contribution in [3.8, 4) is 0 Å². The monoisotopic (exact) mass is 294 g/mol. The van der Waals surface area contributed by atoms with Crippen LogP contribution in [0.25, 0.3) is 0 Å². The molecule has 0 spiro atoms. The van der Waals surface area contributed by atoms with E-state index in [-0.39, 0.29) is 0 Å². The lowest BCUT2D eigenvalue weighted by atomic mass is 10.3. The second-order valence-electron chi connectivity index (χ2n) is 5.42. The first-order valence-corrected chi connectivity index (χ1v) is 11.8. The molecule has 98 valence electrons. The average Bonchev–Trinajstić information content (AvgIpc) is 2.85. The van der Waals surface area contributed by atoms with E-state index in [1.807, 2.05) is 23.5 Å². The van der Waals surface area contributed by atoms with Crippen LogP contribution in [-0.2, 0) is 0 Å². The van der Waals surface area contributed by atoms with Crippen molar-refractivity contribution in [1.29, 1.82) is 0 Å². The molecule has 0 amide bonds. The van der Waals surface area contributed by atoms with Crippen LogP contribution in [0.2, 0.25) is 13.1 Å². The Balaban J connectivity index is 2.23. The van der Waals surface area contributed by atoms with Gasteiger partial charge in [0, 0.05) is 0 Å². The van der Waals surface area contributed by atoms with E-state index in [1.165, 1.54) is 12.8 Å². The first-order valence-electron chi connectivity index (χ1n) is 6.39. The Bertz CT molecular complexity index is 433. The molecular weight excluding hydrogens is 272 g/mol. The number of thioether (sulfide) groups is 2. The molecule has 0 radical (unpaired) electrons. The molecule has 0 unspecified atom stereocenters. The smallest absolute Gasteiger partial charge is 0.107 e. The molecule has 1 aliphatic carbocycles. The Morgan fingerprint density at radius 3 is 2.17 bits per heavy atom. The van der Waals surface area contributed by atoms with Crippen LogP contribution in [0.15, 0.2) is 41.6 Å². The molecule has 0 fully saturated rings. The third-order valence-corrected chi connectivity index (χ3v) is 11.0. The van der Waals surface area contributed by atoms with Crippen molar-refractivity contribution in [2.45, 2.75) is 30.0 Å². The van der Waals surface area contributed by atoms with E-state index in [1.54, 1.807) is 10.4 Å². The highest BCUT2D eigenvalue weighted by atomic mass is 32.2. The molecule has 1 aliphatic rings. The molecule has 0 heterocycles. The van der Waals surface area contributed by atoms with Crippen molar-refractivity contribution in [2.24, 2.45) is 0 Å². The first-order chi connectivity index (χ1) is 8.54. The fraction of sp³-hybridized carbons (Fsp3) is 0.467. The third-order valence-electron chi connectivity index (χ3n) is 4.16. The van der Waals surface area contributed by atoms with E-state index in [2.05, 4.69) is 62.0 Å². The van der Waals surface area contributed by atoms with Crippen LogP contribution in [-0.4, -0.2) is 24.7 Å². The van der Waals surface area contributed by atoms with Crippen LogP contribution < -0.4 is 5.19 Å². The summed E-state index contributed by atoms with van der Waals surface area (Å²) in [6.07, 6.45) is 9.54. The van der Waals surface area contributed by atoms with E-state index in [4.69, 9.17) is 0 Å². The van der Waals surface area contributed by atoms with Crippen LogP contribution >= 0.6 is 23.5 Å². The van der Waals surface area contributed by atoms with Gasteiger partial charge in [0.25, 0.3) is 0 Å². The Morgan fingerprint density at radius 1 is 1.06 bits per heavy atom. The zero-order valence-electron chi connectivity index (χ0n) is 11.7. The van der Waals surface area contributed by atoms with E-state index in [0.717, 1.165) is 0 Å². The van der Waals surface area contributed by atoms with E-state index < -0.39 is 8.07 Å². The van der Waals surface area contributed by atoms with Gasteiger partial charge in [0.2, 0.25) is 0 Å². The van der Waals surface area contributed by atoms with Gasteiger partial charge in [-0.2, -0.15) is 0 Å². The summed E-state index contributed by atoms with van der Waals surface area (Å²) < 4.78 is 0.411. The lowest BCUT2D eigenvalue weighted by Crippen LogP contribution is -2.44. The Hall–Kier alpha value is -0.123. The molecule has 0 aliphatic heterocycles. The van der Waals surface area contributed by atoms with Gasteiger partial charge in [-0.1, -0.05) is 59.9 Å². The van der Waals surface area contributed by atoms with Gasteiger partial charge in [-0.05, 0) is 25.4 Å². The third kappa shape index (κ3) is 2.58. The molecule has 0 saturated heterocycles. The molecule has 2 rings (SSSR count). The van der Waals surface area contributed by atoms with Gasteiger partial charge in [-0.25, -0.2) is 0 Å². The number of rotatable bonds is 4. The predicted octanol–water partition coefficient (Wildman–Crippen LogP) is 4.28. The Morgan fingerprint density at radius 2 is 1.67 bits per heavy atom. The maximum atomic E-state index is 2.53. The minimum Gasteiger partial charge on any atom is -0.147 e. The van der Waals surface area contributed by atoms with E-state index in [0.29, 0.717) is 4.08 Å². The lowest BCUT2D eigenvalue weighted by Gasteiger charge is -2.30. The zero-order valence-corrected chi connectivity index (χ0v) is 14.3. The fourth-order valence-corrected chi connectivity index (χ4v) is 7.40. The van der Waals surface area contributed by atoms with Crippen molar-refractivity contribution < 1.29 is 0 Å². The predicted molar refractivity (Wildman–Crippen MR) is 90.6 cm³/mol. The largest absolute Gasteiger partial charge is 0.147 e. The van der Waals surface area contributed by atoms with Crippen molar-refractivity contribution in [3.63, 3.8) is 0 Å². The van der Waals surface area contributed by atoms with Gasteiger partial charge < -0.3 is 0 Å². The van der Waals surface area contributed by atoms with Crippen molar-refractivity contribution >= 4 is 36.8 Å². The molecule has 0 saturated carbocycles. The maximum absolute atomic E-state index is 2.53. The summed E-state index contributed by atoms with van der Waals surface area (Å²) >= 11 is 4.06. The van der Waals surface area contributed by atoms with Crippen LogP contribution in [0.4, 0.5) is 0 Å². The number of hydrogen-bond acceptors (Lipinski definition) is 2. The SMILES string of the molecule is CSC1(SC)CC=C([Si](C)(C)c2ccccc2)C1. The Kier molecular flexibility index (Phi) is 4.35. The normalized spacial score (nSPS) is 18.8. The standard InChI is InChI=1S/C15H22S2Si/c1-16-15(17-2)11-10-14(12-15)18(3,4)13-8-6-5-7-9-13/h5-10H,11-12H2,1-4H3. The summed E-state index contributed by atoms with van der Waals surface area (Å²) in [5, 5.41) is 3.30. The summed E-state index contributed by atoms with van der Waals surface area (Å²) in [6.45, 7) is 4.98. The summed E-state index contributed by atoms with van der Waals surface area (Å²) in [5.74, 6) is 0. The highest BCUT2D eigenvalue weighted by molar-refractivity contribution is 8.17. The van der Waals surface area contributed by atoms with Gasteiger partial charge in [0.1, 0.15) is 8.07 Å². The summed E-state index contributed by atoms with van der Waals surface area (Å²) in [6, 6.07) is 11.1. The van der Waals surface area contributed by atoms with Gasteiger partial charge in [0.05, 0.1) is 4.08 Å². The Labute approximate surface area is 121 Å². The van der Waals surface area contributed by atoms with Crippen molar-refractivity contribution in [1.82, 2.24) is 0 Å². The number of allylic oxidation sites excluding steroid dienone is 2. The molecule has 0 nitrogen and oxygen atoms in total. The van der Waals surface area contributed by atoms with Crippen LogP contribution in [0.3, 0.4) is 0 Å². The molecule has 1 aromatic carbocycles. The van der Waals surface area contributed by atoms with E-state index in [9.17, 15) is 0 Å². The minimum atomic E-state index is -1.43. The molecule has 18 heavy (non-hydrogen) atoms. The fourth-order valence-electron chi connectivity index (χ4n) is 2.62. The summed E-state index contributed by atoms with van der Waals surface area (Å²) in [7, 11) is -1.43. The van der Waals surface area contributed by atoms with Crippen LogP contribution in [0.5, 0.6) is 0 Å². The topological polar surface area (TPSA) is 0 Å². The van der Waals surface area contributed by atoms with Crippen molar-refractivity contribution in [3.05, 3.63) is 41.6 Å². The summed E-state index contributed by atoms with van der Waals surface area (Å²) in [4.78, 5) is 0. The maximum Gasteiger partial charge on any atom is 0.107 e. The van der Waals surface area contributed by atoms with Gasteiger partial charge >= 0.3 is 0 Å². The van der Waals surface area contributed by atoms with E-state index >= 15 is 0 Å². The second-order valence-corrected chi connectivity index (χ2v) is 12.5. The van der Waals surface area contributed by atoms with Gasteiger partial charge in [-0.3, -0.25) is 0 Å². The molecule has 0 bridgehead atoms. The van der Waals surface area contributed by atoms with Crippen molar-refractivity contribution in [2.75, 3.05) is 12.5 Å². The first kappa shape index (κ1) is 14.3. The molecule has 1 aromatic rings. The highest BCUT2D eigenvalue weighted by Crippen LogP contribution is 2.48. The minimum absolute atomic E-state index is 0.411. The number of hydrogen-bond donors (Lipinski definition) is 0. The quantitative estimate of drug-likeness (QED) is 0.600. The van der Waals surface area contributed by atoms with Crippen LogP contribution in [0, 0.1) is 0 Å². The van der Waals surface area contributed by atoms with Gasteiger partial charge in [0.15, 0.2) is 0 Å². The molecule has 0 aromatic heterocycles. The summed E-state index contributed by atoms with van der Waals surface area (Å²) in [5.41, 5.74) is 0. The molecule has 0 N–H and O–H groups in total. The molecule has 3 heteroatoms. The zero-order chi connectivity index (χ0) is 13.2. The van der Waals surface area contributed by atoms with Gasteiger partial charge in [-0.15, -0.1) is 23.5 Å². The molecular formula is C15H22S2Si. The number of benzene rings is 1. The average molecular weight is 295 g/mol. The van der Waals surface area contributed by atoms with Crippen LogP contribution in [0.1, 0.15) is 12.8 Å².